The van der Waals surface area contributed by atoms with Crippen LogP contribution < -0.4 is 0 Å². The number of rotatable bonds is 5. The van der Waals surface area contributed by atoms with E-state index in [1.165, 1.54) is 0 Å². The molecule has 0 radical (unpaired) electrons. The smallest absolute Gasteiger partial charge is 0.156 e. The highest BCUT2D eigenvalue weighted by Gasteiger charge is 2.17. The summed E-state index contributed by atoms with van der Waals surface area (Å²) in [6.07, 6.45) is 2.42. The minimum absolute atomic E-state index is 0.120. The Morgan fingerprint density at radius 3 is 2.53 bits per heavy atom. The largest absolute Gasteiger partial charge is 0.297 e. The fourth-order valence-corrected chi connectivity index (χ4v) is 1.69. The van der Waals surface area contributed by atoms with Gasteiger partial charge in [0, 0.05) is 12.1 Å². The zero-order chi connectivity index (χ0) is 11.4. The van der Waals surface area contributed by atoms with Gasteiger partial charge in [0.05, 0.1) is 5.69 Å². The van der Waals surface area contributed by atoms with Gasteiger partial charge in [-0.15, -0.1) is 0 Å². The van der Waals surface area contributed by atoms with E-state index in [0.717, 1.165) is 24.2 Å². The van der Waals surface area contributed by atoms with Crippen LogP contribution >= 0.6 is 0 Å². The summed E-state index contributed by atoms with van der Waals surface area (Å²) in [5.74, 6) is 0.246. The van der Waals surface area contributed by atoms with Gasteiger partial charge in [-0.25, -0.2) is 0 Å². The monoisotopic (exact) mass is 208 g/mol. The lowest BCUT2D eigenvalue weighted by Crippen LogP contribution is -2.18. The lowest BCUT2D eigenvalue weighted by Gasteiger charge is -2.12. The van der Waals surface area contributed by atoms with Crippen LogP contribution in [0.5, 0.6) is 0 Å². The molecule has 0 aromatic carbocycles. The van der Waals surface area contributed by atoms with Crippen molar-refractivity contribution in [1.29, 1.82) is 0 Å². The van der Waals surface area contributed by atoms with Crippen molar-refractivity contribution in [2.75, 3.05) is 0 Å². The molecule has 1 heterocycles. The third-order valence-corrected chi connectivity index (χ3v) is 2.77. The molecule has 1 atom stereocenters. The molecule has 1 aromatic heterocycles. The molecule has 0 aliphatic carbocycles. The van der Waals surface area contributed by atoms with E-state index in [1.807, 2.05) is 18.5 Å². The van der Waals surface area contributed by atoms with Gasteiger partial charge in [0.1, 0.15) is 6.04 Å². The van der Waals surface area contributed by atoms with Crippen molar-refractivity contribution in [3.8, 4) is 0 Å². The Bertz CT molecular complexity index is 341. The number of nitrogens with zero attached hydrogens (tertiary/aromatic N) is 2. The summed E-state index contributed by atoms with van der Waals surface area (Å²) < 4.78 is 1.88. The van der Waals surface area contributed by atoms with E-state index >= 15 is 0 Å². The maximum atomic E-state index is 11.6. The summed E-state index contributed by atoms with van der Waals surface area (Å²) in [5, 5.41) is 4.46. The Morgan fingerprint density at radius 1 is 1.40 bits per heavy atom. The molecular formula is C12H20N2O. The van der Waals surface area contributed by atoms with Gasteiger partial charge in [-0.3, -0.25) is 9.48 Å². The average molecular weight is 208 g/mol. The standard InChI is InChI=1S/C12H20N2O/c1-5-10-8-11(6-2)14(13-10)9(4)12(15)7-3/h8-9H,5-7H2,1-4H3. The fraction of sp³-hybridized carbons (Fsp3) is 0.667. The van der Waals surface area contributed by atoms with Crippen molar-refractivity contribution in [2.45, 2.75) is 53.0 Å². The molecule has 3 heteroatoms. The number of carbonyl (C=O) groups is 1. The van der Waals surface area contributed by atoms with Crippen molar-refractivity contribution >= 4 is 5.78 Å². The van der Waals surface area contributed by atoms with E-state index in [1.54, 1.807) is 0 Å². The quantitative estimate of drug-likeness (QED) is 0.745. The Morgan fingerprint density at radius 2 is 2.07 bits per heavy atom. The minimum atomic E-state index is -0.120. The average Bonchev–Trinajstić information content (AvgIpc) is 2.69. The molecule has 0 amide bonds. The summed E-state index contributed by atoms with van der Waals surface area (Å²) in [6.45, 7) is 8.00. The van der Waals surface area contributed by atoms with E-state index in [4.69, 9.17) is 0 Å². The van der Waals surface area contributed by atoms with E-state index in [9.17, 15) is 4.79 Å². The van der Waals surface area contributed by atoms with Crippen molar-refractivity contribution in [2.24, 2.45) is 0 Å². The molecule has 0 spiro atoms. The van der Waals surface area contributed by atoms with Gasteiger partial charge < -0.3 is 0 Å². The Kier molecular flexibility index (Phi) is 4.06. The molecule has 1 unspecified atom stereocenters. The van der Waals surface area contributed by atoms with Gasteiger partial charge in [0.2, 0.25) is 0 Å². The highest BCUT2D eigenvalue weighted by molar-refractivity contribution is 5.81. The first-order valence-corrected chi connectivity index (χ1v) is 5.73. The second kappa shape index (κ2) is 5.10. The van der Waals surface area contributed by atoms with Crippen LogP contribution in [0.15, 0.2) is 6.07 Å². The molecule has 0 aliphatic rings. The second-order valence-electron chi connectivity index (χ2n) is 3.77. The molecular weight excluding hydrogens is 188 g/mol. The SMILES string of the molecule is CCC(=O)C(C)n1nc(CC)cc1CC. The topological polar surface area (TPSA) is 34.9 Å². The van der Waals surface area contributed by atoms with Crippen LogP contribution in [-0.4, -0.2) is 15.6 Å². The third-order valence-electron chi connectivity index (χ3n) is 2.77. The van der Waals surface area contributed by atoms with Crippen molar-refractivity contribution in [1.82, 2.24) is 9.78 Å². The summed E-state index contributed by atoms with van der Waals surface area (Å²) in [5.41, 5.74) is 2.23. The van der Waals surface area contributed by atoms with Gasteiger partial charge in [0.25, 0.3) is 0 Å². The normalized spacial score (nSPS) is 12.8. The number of aromatic nitrogens is 2. The summed E-state index contributed by atoms with van der Waals surface area (Å²) in [6, 6.07) is 1.98. The third kappa shape index (κ3) is 2.46. The number of Topliss-reactive ketones (excluding diaryl/α,β-unsaturated/α-hetero) is 1. The molecule has 3 nitrogen and oxygen atoms in total. The number of aryl methyl sites for hydroxylation is 2. The molecule has 0 saturated heterocycles. The van der Waals surface area contributed by atoms with E-state index in [2.05, 4.69) is 25.0 Å². The maximum absolute atomic E-state index is 11.6. The van der Waals surface area contributed by atoms with Crippen molar-refractivity contribution in [3.63, 3.8) is 0 Å². The number of hydrogen-bond acceptors (Lipinski definition) is 2. The first kappa shape index (κ1) is 12.0. The van der Waals surface area contributed by atoms with E-state index in [-0.39, 0.29) is 11.8 Å². The first-order chi connectivity index (χ1) is 7.13. The van der Waals surface area contributed by atoms with Crippen LogP contribution in [0.1, 0.15) is 51.5 Å². The zero-order valence-corrected chi connectivity index (χ0v) is 10.1. The van der Waals surface area contributed by atoms with Crippen LogP contribution in [-0.2, 0) is 17.6 Å². The molecule has 1 rings (SSSR count). The summed E-state index contributed by atoms with van der Waals surface area (Å²) >= 11 is 0. The van der Waals surface area contributed by atoms with Crippen LogP contribution in [0.3, 0.4) is 0 Å². The van der Waals surface area contributed by atoms with Crippen molar-refractivity contribution < 1.29 is 4.79 Å². The molecule has 84 valence electrons. The van der Waals surface area contributed by atoms with Gasteiger partial charge in [-0.1, -0.05) is 20.8 Å². The molecule has 0 saturated carbocycles. The lowest BCUT2D eigenvalue weighted by atomic mass is 10.1. The maximum Gasteiger partial charge on any atom is 0.156 e. The predicted molar refractivity (Wildman–Crippen MR) is 61.0 cm³/mol. The van der Waals surface area contributed by atoms with Crippen molar-refractivity contribution in [3.05, 3.63) is 17.5 Å². The lowest BCUT2D eigenvalue weighted by molar-refractivity contribution is -0.121. The predicted octanol–water partition coefficient (Wildman–Crippen LogP) is 2.55. The molecule has 0 N–H and O–H groups in total. The summed E-state index contributed by atoms with van der Waals surface area (Å²) in [4.78, 5) is 11.6. The molecule has 0 bridgehead atoms. The number of ketones is 1. The van der Waals surface area contributed by atoms with Crippen LogP contribution in [0.4, 0.5) is 0 Å². The molecule has 15 heavy (non-hydrogen) atoms. The fourth-order valence-electron chi connectivity index (χ4n) is 1.69. The van der Waals surface area contributed by atoms with Gasteiger partial charge in [-0.2, -0.15) is 5.10 Å². The molecule has 0 fully saturated rings. The highest BCUT2D eigenvalue weighted by atomic mass is 16.1. The highest BCUT2D eigenvalue weighted by Crippen LogP contribution is 2.15. The number of hydrogen-bond donors (Lipinski definition) is 0. The summed E-state index contributed by atoms with van der Waals surface area (Å²) in [7, 11) is 0. The minimum Gasteiger partial charge on any atom is -0.297 e. The van der Waals surface area contributed by atoms with E-state index in [0.29, 0.717) is 6.42 Å². The number of carbonyl (C=O) groups excluding carboxylic acids is 1. The van der Waals surface area contributed by atoms with Gasteiger partial charge >= 0.3 is 0 Å². The van der Waals surface area contributed by atoms with Gasteiger partial charge in [0.15, 0.2) is 5.78 Å². The Balaban J connectivity index is 3.00. The Labute approximate surface area is 91.5 Å². The van der Waals surface area contributed by atoms with Gasteiger partial charge in [-0.05, 0) is 25.8 Å². The first-order valence-electron chi connectivity index (χ1n) is 5.73. The van der Waals surface area contributed by atoms with Crippen LogP contribution in [0, 0.1) is 0 Å². The molecule has 0 aliphatic heterocycles. The van der Waals surface area contributed by atoms with E-state index < -0.39 is 0 Å². The van der Waals surface area contributed by atoms with Crippen LogP contribution in [0.2, 0.25) is 0 Å². The molecule has 1 aromatic rings. The zero-order valence-electron chi connectivity index (χ0n) is 10.1. The Hall–Kier alpha value is -1.12. The second-order valence-corrected chi connectivity index (χ2v) is 3.77. The van der Waals surface area contributed by atoms with Crippen LogP contribution in [0.25, 0.3) is 0 Å².